The van der Waals surface area contributed by atoms with E-state index in [0.717, 1.165) is 38.2 Å². The summed E-state index contributed by atoms with van der Waals surface area (Å²) in [6, 6.07) is -0.308. The number of rotatable bonds is 13. The maximum Gasteiger partial charge on any atom is 0.356 e. The van der Waals surface area contributed by atoms with Gasteiger partial charge in [0, 0.05) is 26.1 Å². The lowest BCUT2D eigenvalue weighted by Gasteiger charge is -2.23. The van der Waals surface area contributed by atoms with E-state index >= 15 is 0 Å². The van der Waals surface area contributed by atoms with Crippen molar-refractivity contribution in [1.29, 1.82) is 0 Å². The molecule has 13 heteroatoms. The number of halogens is 2. The van der Waals surface area contributed by atoms with Crippen molar-refractivity contribution >= 4 is 41.6 Å². The van der Waals surface area contributed by atoms with Gasteiger partial charge in [-0.3, -0.25) is 9.59 Å². The van der Waals surface area contributed by atoms with Gasteiger partial charge in [-0.25, -0.2) is 28.2 Å². The van der Waals surface area contributed by atoms with E-state index in [1.165, 1.54) is 24.8 Å². The van der Waals surface area contributed by atoms with Gasteiger partial charge in [0.2, 0.25) is 5.91 Å². The summed E-state index contributed by atoms with van der Waals surface area (Å²) in [6.07, 6.45) is 4.57. The Balaban J connectivity index is 2.27. The molecule has 4 amide bonds. The molecule has 1 aromatic rings. The van der Waals surface area contributed by atoms with Crippen LogP contribution in [0.25, 0.3) is 6.08 Å². The van der Waals surface area contributed by atoms with Crippen LogP contribution in [0.15, 0.2) is 29.3 Å². The maximum atomic E-state index is 13.7. The van der Waals surface area contributed by atoms with Gasteiger partial charge in [0.1, 0.15) is 29.8 Å². The molecule has 0 radical (unpaired) electrons. The minimum absolute atomic E-state index is 0.0669. The number of ether oxygens (including phenoxy) is 2. The zero-order valence-corrected chi connectivity index (χ0v) is 25.2. The normalized spacial score (nSPS) is 16.6. The third kappa shape index (κ3) is 11.6. The number of likely N-dealkylation sites (tertiary alicyclic amines) is 1. The van der Waals surface area contributed by atoms with E-state index in [4.69, 9.17) is 9.47 Å². The lowest BCUT2D eigenvalue weighted by atomic mass is 10.1. The highest BCUT2D eigenvalue weighted by Gasteiger charge is 2.36. The van der Waals surface area contributed by atoms with Gasteiger partial charge in [0.25, 0.3) is 5.91 Å². The number of carbonyl (C=O) groups excluding carboxylic acids is 5. The van der Waals surface area contributed by atoms with Crippen molar-refractivity contribution in [3.05, 3.63) is 41.5 Å². The summed E-state index contributed by atoms with van der Waals surface area (Å²) in [6.45, 7) is 7.54. The maximum absolute atomic E-state index is 13.7. The second-order valence-corrected chi connectivity index (χ2v) is 10.6. The molecule has 1 fully saturated rings. The van der Waals surface area contributed by atoms with Crippen molar-refractivity contribution in [2.75, 3.05) is 20.2 Å². The number of methoxy groups -OCH3 is 1. The first-order chi connectivity index (χ1) is 20.3. The van der Waals surface area contributed by atoms with Crippen LogP contribution in [0.4, 0.5) is 13.6 Å². The fraction of sp³-hybridized carbons (Fsp3) is 0.533. The van der Waals surface area contributed by atoms with Crippen LogP contribution in [0, 0.1) is 17.6 Å². The molecule has 1 aromatic carbocycles. The number of benzene rings is 1. The summed E-state index contributed by atoms with van der Waals surface area (Å²) in [5.74, 6) is -4.36. The molecule has 0 aliphatic carbocycles. The highest BCUT2D eigenvalue weighted by Crippen LogP contribution is 2.19. The zero-order chi connectivity index (χ0) is 32.1. The Kier molecular flexibility index (Phi) is 13.9. The number of hydrogen-bond acceptors (Lipinski definition) is 7. The van der Waals surface area contributed by atoms with Crippen molar-refractivity contribution in [1.82, 2.24) is 15.5 Å². The van der Waals surface area contributed by atoms with Crippen LogP contribution in [0.1, 0.15) is 65.4 Å². The molecule has 43 heavy (non-hydrogen) atoms. The number of aliphatic imine (C=N–C) groups is 1. The quantitative estimate of drug-likeness (QED) is 0.199. The van der Waals surface area contributed by atoms with E-state index in [1.54, 1.807) is 0 Å². The Morgan fingerprint density at radius 1 is 1.09 bits per heavy atom. The average Bonchev–Trinajstić information content (AvgIpc) is 3.43. The molecule has 236 valence electrons. The van der Waals surface area contributed by atoms with Gasteiger partial charge < -0.3 is 25.0 Å². The molecular weight excluding hydrogens is 566 g/mol. The van der Waals surface area contributed by atoms with E-state index in [0.29, 0.717) is 44.3 Å². The second kappa shape index (κ2) is 17.1. The zero-order valence-electron chi connectivity index (χ0n) is 25.2. The first kappa shape index (κ1) is 35.0. The van der Waals surface area contributed by atoms with Gasteiger partial charge in [-0.1, -0.05) is 38.8 Å². The van der Waals surface area contributed by atoms with E-state index in [9.17, 15) is 32.8 Å². The molecule has 1 heterocycles. The molecule has 2 N–H and O–H groups in total. The molecule has 0 spiro atoms. The average molecular weight is 607 g/mol. The van der Waals surface area contributed by atoms with Crippen LogP contribution in [0.5, 0.6) is 0 Å². The predicted octanol–water partition coefficient (Wildman–Crippen LogP) is 3.56. The second-order valence-electron chi connectivity index (χ2n) is 10.6. The van der Waals surface area contributed by atoms with Gasteiger partial charge in [0.05, 0.1) is 7.11 Å². The van der Waals surface area contributed by atoms with Crippen LogP contribution in [-0.2, 0) is 28.7 Å². The number of nitrogens with one attached hydrogen (secondary N) is 2. The Hall–Kier alpha value is -4.16. The van der Waals surface area contributed by atoms with Crippen molar-refractivity contribution in [2.45, 2.75) is 78.0 Å². The summed E-state index contributed by atoms with van der Waals surface area (Å²) < 4.78 is 37.5. The van der Waals surface area contributed by atoms with E-state index < -0.39 is 59.4 Å². The number of esters is 2. The Morgan fingerprint density at radius 2 is 1.77 bits per heavy atom. The first-order valence-electron chi connectivity index (χ1n) is 14.2. The molecule has 1 saturated heterocycles. The molecule has 1 aliphatic rings. The number of carbonyl (C=O) groups is 5. The third-order valence-electron chi connectivity index (χ3n) is 6.64. The van der Waals surface area contributed by atoms with Gasteiger partial charge >= 0.3 is 18.0 Å². The van der Waals surface area contributed by atoms with Crippen molar-refractivity contribution in [3.8, 4) is 0 Å². The smallest absolute Gasteiger partial charge is 0.356 e. The van der Waals surface area contributed by atoms with Crippen LogP contribution in [-0.4, -0.2) is 78.8 Å². The lowest BCUT2D eigenvalue weighted by Crippen LogP contribution is -2.46. The topological polar surface area (TPSA) is 143 Å². The number of unbranched alkanes of at least 4 members (excludes halogenated alkanes) is 1. The highest BCUT2D eigenvalue weighted by atomic mass is 19.1. The molecular formula is C30H40F2N4O7. The summed E-state index contributed by atoms with van der Waals surface area (Å²) in [5.41, 5.74) is -0.489. The molecule has 2 rings (SSSR count). The van der Waals surface area contributed by atoms with Crippen LogP contribution < -0.4 is 10.6 Å². The van der Waals surface area contributed by atoms with Gasteiger partial charge in [-0.05, 0) is 49.8 Å². The van der Waals surface area contributed by atoms with Crippen molar-refractivity contribution in [3.63, 3.8) is 0 Å². The fourth-order valence-corrected chi connectivity index (χ4v) is 4.44. The largest absolute Gasteiger partial charge is 0.464 e. The molecule has 0 saturated carbocycles. The van der Waals surface area contributed by atoms with Gasteiger partial charge in [-0.2, -0.15) is 0 Å². The van der Waals surface area contributed by atoms with Crippen LogP contribution in [0.2, 0.25) is 0 Å². The SMILES string of the molecule is COC(=O)C(=NC(=O)C(/C=C\c1cc(F)cc(F)c1)NC(=O)NCCCCC(C)C)[C@H](C)OC(=O)C1CCCN1C(C)=O. The number of amides is 4. The molecule has 11 nitrogen and oxygen atoms in total. The first-order valence-corrected chi connectivity index (χ1v) is 14.2. The number of urea groups is 1. The summed E-state index contributed by atoms with van der Waals surface area (Å²) in [7, 11) is 1.05. The number of hydrogen-bond donors (Lipinski definition) is 2. The van der Waals surface area contributed by atoms with Crippen molar-refractivity contribution in [2.24, 2.45) is 10.9 Å². The Morgan fingerprint density at radius 3 is 2.37 bits per heavy atom. The van der Waals surface area contributed by atoms with Crippen molar-refractivity contribution < 1.29 is 42.2 Å². The molecule has 2 unspecified atom stereocenters. The van der Waals surface area contributed by atoms with Gasteiger partial charge in [-0.15, -0.1) is 0 Å². The van der Waals surface area contributed by atoms with E-state index in [1.807, 2.05) is 0 Å². The summed E-state index contributed by atoms with van der Waals surface area (Å²) in [5, 5.41) is 5.08. The predicted molar refractivity (Wildman–Crippen MR) is 155 cm³/mol. The van der Waals surface area contributed by atoms with Gasteiger partial charge in [0.15, 0.2) is 5.71 Å². The highest BCUT2D eigenvalue weighted by molar-refractivity contribution is 6.40. The number of nitrogens with zero attached hydrogens (tertiary/aromatic N) is 2. The molecule has 0 bridgehead atoms. The minimum atomic E-state index is -1.48. The molecule has 3 atom stereocenters. The van der Waals surface area contributed by atoms with Crippen LogP contribution >= 0.6 is 0 Å². The standard InChI is InChI=1S/C30H40F2N4O7/c1-18(2)9-6-7-13-33-30(41)34-24(12-11-21-15-22(31)17-23(32)16-21)27(38)35-26(29(40)42-5)19(3)43-28(39)25-10-8-14-36(25)20(4)37/h11-12,15-19,24-25H,6-10,13-14H2,1-5H3,(H2,33,34,41)/b12-11-,35-26?/t19-,24?,25?/m0/s1. The van der Waals surface area contributed by atoms with E-state index in [-0.39, 0.29) is 11.5 Å². The fourth-order valence-electron chi connectivity index (χ4n) is 4.44. The summed E-state index contributed by atoms with van der Waals surface area (Å²) >= 11 is 0. The lowest BCUT2D eigenvalue weighted by molar-refractivity contribution is -0.154. The molecule has 0 aromatic heterocycles. The van der Waals surface area contributed by atoms with E-state index in [2.05, 4.69) is 29.5 Å². The Bertz CT molecular complexity index is 1210. The van der Waals surface area contributed by atoms with Crippen LogP contribution in [0.3, 0.4) is 0 Å². The Labute approximate surface area is 250 Å². The minimum Gasteiger partial charge on any atom is -0.464 e. The molecule has 1 aliphatic heterocycles. The monoisotopic (exact) mass is 606 g/mol. The summed E-state index contributed by atoms with van der Waals surface area (Å²) in [4.78, 5) is 68.3. The third-order valence-corrected chi connectivity index (χ3v) is 6.64.